The summed E-state index contributed by atoms with van der Waals surface area (Å²) in [5, 5.41) is 0. The van der Waals surface area contributed by atoms with Crippen LogP contribution in [0.5, 0.6) is 0 Å². The molecule has 0 aliphatic carbocycles. The quantitative estimate of drug-likeness (QED) is 0.0262. The Morgan fingerprint density at radius 2 is 0.606 bits per heavy atom. The summed E-state index contributed by atoms with van der Waals surface area (Å²) in [6.07, 6.45) is 71.1. The van der Waals surface area contributed by atoms with Crippen molar-refractivity contribution in [3.05, 3.63) is 97.2 Å². The Kier molecular flexibility index (Phi) is 50.9. The third kappa shape index (κ3) is 51.3. The zero-order valence-corrected chi connectivity index (χ0v) is 42.9. The third-order valence-electron chi connectivity index (χ3n) is 11.3. The van der Waals surface area contributed by atoms with Crippen molar-refractivity contribution in [3.63, 3.8) is 0 Å². The second kappa shape index (κ2) is 53.9. The average molecular weight is 917 g/mol. The molecule has 0 aromatic carbocycles. The van der Waals surface area contributed by atoms with Crippen molar-refractivity contribution in [1.29, 1.82) is 0 Å². The van der Waals surface area contributed by atoms with Gasteiger partial charge < -0.3 is 14.2 Å². The normalized spacial score (nSPS) is 12.8. The number of unbranched alkanes of at least 4 members (excludes halogenated alkanes) is 21. The lowest BCUT2D eigenvalue weighted by Crippen LogP contribution is -2.30. The molecule has 0 saturated carbocycles. The Labute approximate surface area is 407 Å². The second-order valence-electron chi connectivity index (χ2n) is 17.7. The van der Waals surface area contributed by atoms with Gasteiger partial charge in [0, 0.05) is 19.3 Å². The van der Waals surface area contributed by atoms with E-state index in [-0.39, 0.29) is 37.5 Å². The summed E-state index contributed by atoms with van der Waals surface area (Å²) in [5.41, 5.74) is 0. The fourth-order valence-electron chi connectivity index (χ4n) is 7.32. The standard InChI is InChI=1S/C60H100O6/c1-4-7-10-13-16-19-22-25-28-30-33-35-38-41-44-47-50-53-59(62)65-56-57(55-64-58(61)52-49-46-43-40-37-34-31-27-24-21-18-15-12-9-6-3)66-60(63)54-51-48-45-42-39-36-32-29-26-23-20-17-14-11-8-5-2/h7,9-10,12,16,18-19,21,25,27-28,31,33,35,41,44,57H,4-6,8,11,13-15,17,20,22-24,26,29-30,32,34,36-40,42-43,45-56H2,1-3H3/b10-7-,12-9-,19-16-,21-18-,28-25-,31-27-,35-33-,44-41-. The summed E-state index contributed by atoms with van der Waals surface area (Å²) in [4.78, 5) is 38.1. The van der Waals surface area contributed by atoms with Crippen LogP contribution in [0.4, 0.5) is 0 Å². The van der Waals surface area contributed by atoms with Crippen molar-refractivity contribution in [3.8, 4) is 0 Å². The summed E-state index contributed by atoms with van der Waals surface area (Å²) in [6.45, 7) is 6.36. The molecule has 0 N–H and O–H groups in total. The van der Waals surface area contributed by atoms with Crippen LogP contribution < -0.4 is 0 Å². The molecule has 1 atom stereocenters. The fourth-order valence-corrected chi connectivity index (χ4v) is 7.32. The van der Waals surface area contributed by atoms with Crippen LogP contribution >= 0.6 is 0 Å². The molecular formula is C60H100O6. The van der Waals surface area contributed by atoms with E-state index < -0.39 is 6.10 Å². The van der Waals surface area contributed by atoms with Crippen LogP contribution in [0.1, 0.15) is 245 Å². The topological polar surface area (TPSA) is 78.9 Å². The summed E-state index contributed by atoms with van der Waals surface area (Å²) in [6, 6.07) is 0. The summed E-state index contributed by atoms with van der Waals surface area (Å²) < 4.78 is 16.8. The van der Waals surface area contributed by atoms with Gasteiger partial charge in [-0.2, -0.15) is 0 Å². The summed E-state index contributed by atoms with van der Waals surface area (Å²) in [5.74, 6) is -0.976. The van der Waals surface area contributed by atoms with Crippen molar-refractivity contribution in [2.24, 2.45) is 0 Å². The molecule has 0 radical (unpaired) electrons. The maximum atomic E-state index is 12.8. The zero-order chi connectivity index (χ0) is 47.9. The van der Waals surface area contributed by atoms with Crippen molar-refractivity contribution < 1.29 is 28.6 Å². The molecule has 0 saturated heterocycles. The second-order valence-corrected chi connectivity index (χ2v) is 17.7. The molecule has 0 heterocycles. The van der Waals surface area contributed by atoms with Crippen LogP contribution in [-0.2, 0) is 28.6 Å². The molecule has 0 amide bonds. The first-order valence-electron chi connectivity index (χ1n) is 27.2. The van der Waals surface area contributed by atoms with Crippen LogP contribution in [0.2, 0.25) is 0 Å². The number of ether oxygens (including phenoxy) is 3. The molecule has 0 rings (SSSR count). The minimum absolute atomic E-state index is 0.103. The van der Waals surface area contributed by atoms with Gasteiger partial charge in [-0.1, -0.05) is 234 Å². The number of hydrogen-bond donors (Lipinski definition) is 0. The van der Waals surface area contributed by atoms with Gasteiger partial charge in [0.15, 0.2) is 6.10 Å². The minimum atomic E-state index is -0.807. The van der Waals surface area contributed by atoms with Gasteiger partial charge in [-0.05, 0) is 89.9 Å². The molecule has 0 aliphatic rings. The Morgan fingerprint density at radius 3 is 0.985 bits per heavy atom. The molecule has 0 bridgehead atoms. The van der Waals surface area contributed by atoms with Crippen molar-refractivity contribution in [2.45, 2.75) is 252 Å². The van der Waals surface area contributed by atoms with Crippen LogP contribution in [0.15, 0.2) is 97.2 Å². The number of esters is 3. The van der Waals surface area contributed by atoms with E-state index in [9.17, 15) is 14.4 Å². The average Bonchev–Trinajstić information content (AvgIpc) is 3.31. The monoisotopic (exact) mass is 917 g/mol. The molecule has 376 valence electrons. The van der Waals surface area contributed by atoms with E-state index >= 15 is 0 Å². The highest BCUT2D eigenvalue weighted by Gasteiger charge is 2.19. The van der Waals surface area contributed by atoms with E-state index in [2.05, 4.69) is 118 Å². The molecule has 6 nitrogen and oxygen atoms in total. The predicted molar refractivity (Wildman–Crippen MR) is 284 cm³/mol. The predicted octanol–water partition coefficient (Wildman–Crippen LogP) is 18.1. The highest BCUT2D eigenvalue weighted by atomic mass is 16.6. The van der Waals surface area contributed by atoms with Crippen LogP contribution in [0, 0.1) is 0 Å². The molecule has 0 aliphatic heterocycles. The van der Waals surface area contributed by atoms with Crippen molar-refractivity contribution in [1.82, 2.24) is 0 Å². The molecule has 0 spiro atoms. The fraction of sp³-hybridized carbons (Fsp3) is 0.683. The van der Waals surface area contributed by atoms with Gasteiger partial charge in [0.25, 0.3) is 0 Å². The molecule has 1 unspecified atom stereocenters. The Morgan fingerprint density at radius 1 is 0.318 bits per heavy atom. The number of rotatable bonds is 48. The minimum Gasteiger partial charge on any atom is -0.462 e. The van der Waals surface area contributed by atoms with E-state index in [0.717, 1.165) is 116 Å². The molecule has 0 aromatic heterocycles. The van der Waals surface area contributed by atoms with Gasteiger partial charge in [0.1, 0.15) is 13.2 Å². The molecule has 66 heavy (non-hydrogen) atoms. The Bertz CT molecular complexity index is 1330. The maximum absolute atomic E-state index is 12.8. The van der Waals surface area contributed by atoms with Gasteiger partial charge >= 0.3 is 17.9 Å². The van der Waals surface area contributed by atoms with Gasteiger partial charge in [-0.15, -0.1) is 0 Å². The third-order valence-corrected chi connectivity index (χ3v) is 11.3. The number of hydrogen-bond acceptors (Lipinski definition) is 6. The lowest BCUT2D eigenvalue weighted by Gasteiger charge is -2.18. The number of carbonyl (C=O) groups is 3. The molecule has 0 aromatic rings. The van der Waals surface area contributed by atoms with Crippen molar-refractivity contribution in [2.75, 3.05) is 13.2 Å². The zero-order valence-electron chi connectivity index (χ0n) is 42.9. The lowest BCUT2D eigenvalue weighted by atomic mass is 10.0. The van der Waals surface area contributed by atoms with Gasteiger partial charge in [-0.25, -0.2) is 0 Å². The maximum Gasteiger partial charge on any atom is 0.306 e. The van der Waals surface area contributed by atoms with Crippen LogP contribution in [0.3, 0.4) is 0 Å². The largest absolute Gasteiger partial charge is 0.462 e. The van der Waals surface area contributed by atoms with Crippen LogP contribution in [0.25, 0.3) is 0 Å². The van der Waals surface area contributed by atoms with Crippen LogP contribution in [-0.4, -0.2) is 37.2 Å². The lowest BCUT2D eigenvalue weighted by molar-refractivity contribution is -0.167. The van der Waals surface area contributed by atoms with E-state index in [4.69, 9.17) is 14.2 Å². The van der Waals surface area contributed by atoms with E-state index in [1.807, 2.05) is 0 Å². The summed E-state index contributed by atoms with van der Waals surface area (Å²) in [7, 11) is 0. The first-order valence-corrected chi connectivity index (χ1v) is 27.2. The van der Waals surface area contributed by atoms with Gasteiger partial charge in [0.2, 0.25) is 0 Å². The van der Waals surface area contributed by atoms with E-state index in [1.54, 1.807) is 0 Å². The molecule has 0 fully saturated rings. The first kappa shape index (κ1) is 62.3. The SMILES string of the molecule is CC/C=C\C/C=C\C/C=C\C/C=C\C/C=C\CCCC(=O)OCC(COC(=O)CCCCCCC/C=C\C/C=C\C/C=C\CC)OC(=O)CCCCCCCCCCCCCCCCCC. The van der Waals surface area contributed by atoms with Crippen molar-refractivity contribution >= 4 is 17.9 Å². The number of allylic oxidation sites excluding steroid dienone is 16. The van der Waals surface area contributed by atoms with Gasteiger partial charge in [-0.3, -0.25) is 14.4 Å². The van der Waals surface area contributed by atoms with Gasteiger partial charge in [0.05, 0.1) is 0 Å². The van der Waals surface area contributed by atoms with E-state index in [1.165, 1.54) is 83.5 Å². The Balaban J connectivity index is 4.49. The first-order chi connectivity index (χ1) is 32.5. The molecular weight excluding hydrogens is 817 g/mol. The molecule has 6 heteroatoms. The smallest absolute Gasteiger partial charge is 0.306 e. The Hall–Kier alpha value is -3.67. The van der Waals surface area contributed by atoms with E-state index in [0.29, 0.717) is 19.3 Å². The highest BCUT2D eigenvalue weighted by molar-refractivity contribution is 5.71. The number of carbonyl (C=O) groups excluding carboxylic acids is 3. The highest BCUT2D eigenvalue weighted by Crippen LogP contribution is 2.15. The summed E-state index contributed by atoms with van der Waals surface area (Å²) >= 11 is 0.